The van der Waals surface area contributed by atoms with Gasteiger partial charge in [0.25, 0.3) is 11.8 Å². The highest BCUT2D eigenvalue weighted by Crippen LogP contribution is 2.25. The van der Waals surface area contributed by atoms with Gasteiger partial charge in [-0.15, -0.1) is 0 Å². The maximum Gasteiger partial charge on any atom is 0.254 e. The van der Waals surface area contributed by atoms with Crippen LogP contribution in [0.1, 0.15) is 59.2 Å². The van der Waals surface area contributed by atoms with Gasteiger partial charge < -0.3 is 15.0 Å². The van der Waals surface area contributed by atoms with E-state index in [2.05, 4.69) is 10.2 Å². The van der Waals surface area contributed by atoms with E-state index in [4.69, 9.17) is 4.74 Å². The third-order valence-electron chi connectivity index (χ3n) is 6.34. The molecule has 2 amide bonds. The van der Waals surface area contributed by atoms with E-state index in [0.29, 0.717) is 43.5 Å². The summed E-state index contributed by atoms with van der Waals surface area (Å²) in [6, 6.07) is 7.98. The number of carbonyl (C=O) groups excluding carboxylic acids is 2. The Hall–Kier alpha value is -1.92. The van der Waals surface area contributed by atoms with Gasteiger partial charge in [-0.05, 0) is 43.5 Å². The molecule has 1 N–H and O–H groups in total. The number of hydrogen-bond donors (Lipinski definition) is 1. The van der Waals surface area contributed by atoms with Crippen LogP contribution in [0.25, 0.3) is 0 Å². The molecular formula is C22H31N3O3. The van der Waals surface area contributed by atoms with Crippen molar-refractivity contribution in [1.82, 2.24) is 15.1 Å². The molecule has 1 aromatic carbocycles. The van der Waals surface area contributed by atoms with Crippen LogP contribution in [0.15, 0.2) is 24.3 Å². The number of likely N-dealkylation sites (tertiary alicyclic amines) is 1. The van der Waals surface area contributed by atoms with Crippen molar-refractivity contribution in [2.24, 2.45) is 0 Å². The van der Waals surface area contributed by atoms with Crippen LogP contribution in [0.3, 0.4) is 0 Å². The van der Waals surface area contributed by atoms with Crippen LogP contribution in [0.2, 0.25) is 0 Å². The minimum atomic E-state index is -0.0409. The van der Waals surface area contributed by atoms with E-state index in [0.717, 1.165) is 19.5 Å². The molecule has 2 heterocycles. The summed E-state index contributed by atoms with van der Waals surface area (Å²) < 4.78 is 5.30. The van der Waals surface area contributed by atoms with Crippen molar-refractivity contribution in [3.8, 4) is 0 Å². The first-order valence-electron chi connectivity index (χ1n) is 10.7. The minimum absolute atomic E-state index is 0.00850. The molecule has 4 rings (SSSR count). The Morgan fingerprint density at radius 2 is 1.57 bits per heavy atom. The largest absolute Gasteiger partial charge is 0.378 e. The number of carbonyl (C=O) groups is 2. The molecule has 1 aliphatic carbocycles. The summed E-state index contributed by atoms with van der Waals surface area (Å²) >= 11 is 0. The average molecular weight is 386 g/mol. The van der Waals surface area contributed by atoms with Crippen LogP contribution in [0.5, 0.6) is 0 Å². The van der Waals surface area contributed by atoms with E-state index in [-0.39, 0.29) is 17.9 Å². The SMILES string of the molecule is O=C(NC1CCN(C2CCCCC2)C1)c1ccc(C(=O)N2CCOCC2)cc1. The molecule has 28 heavy (non-hydrogen) atoms. The molecule has 0 spiro atoms. The Kier molecular flexibility index (Phi) is 6.27. The van der Waals surface area contributed by atoms with Gasteiger partial charge in [0.1, 0.15) is 0 Å². The van der Waals surface area contributed by atoms with Gasteiger partial charge in [-0.1, -0.05) is 19.3 Å². The molecule has 152 valence electrons. The molecule has 2 aliphatic heterocycles. The van der Waals surface area contributed by atoms with Crippen LogP contribution in [-0.2, 0) is 4.74 Å². The monoisotopic (exact) mass is 385 g/mol. The number of nitrogens with zero attached hydrogens (tertiary/aromatic N) is 2. The van der Waals surface area contributed by atoms with Crippen LogP contribution >= 0.6 is 0 Å². The molecule has 1 aromatic rings. The fraction of sp³-hybridized carbons (Fsp3) is 0.636. The molecule has 6 nitrogen and oxygen atoms in total. The summed E-state index contributed by atoms with van der Waals surface area (Å²) in [5.74, 6) is -0.0324. The number of morpholine rings is 1. The number of nitrogens with one attached hydrogen (secondary N) is 1. The van der Waals surface area contributed by atoms with Crippen LogP contribution < -0.4 is 5.32 Å². The van der Waals surface area contributed by atoms with Gasteiger partial charge in [0.2, 0.25) is 0 Å². The second-order valence-corrected chi connectivity index (χ2v) is 8.23. The van der Waals surface area contributed by atoms with Crippen LogP contribution in [0, 0.1) is 0 Å². The van der Waals surface area contributed by atoms with Gasteiger partial charge in [-0.3, -0.25) is 14.5 Å². The first-order chi connectivity index (χ1) is 13.7. The topological polar surface area (TPSA) is 61.9 Å². The molecule has 6 heteroatoms. The van der Waals surface area contributed by atoms with Gasteiger partial charge in [0.15, 0.2) is 0 Å². The lowest BCUT2D eigenvalue weighted by molar-refractivity contribution is 0.0303. The lowest BCUT2D eigenvalue weighted by atomic mass is 9.94. The average Bonchev–Trinajstić information content (AvgIpc) is 3.23. The zero-order chi connectivity index (χ0) is 19.3. The maximum atomic E-state index is 12.6. The van der Waals surface area contributed by atoms with Gasteiger partial charge >= 0.3 is 0 Å². The second-order valence-electron chi connectivity index (χ2n) is 8.23. The Balaban J connectivity index is 1.29. The molecule has 1 unspecified atom stereocenters. The predicted molar refractivity (Wildman–Crippen MR) is 107 cm³/mol. The molecule has 3 aliphatic rings. The minimum Gasteiger partial charge on any atom is -0.378 e. The van der Waals surface area contributed by atoms with E-state index in [1.807, 2.05) is 0 Å². The number of hydrogen-bond acceptors (Lipinski definition) is 4. The standard InChI is InChI=1S/C22H31N3O3/c26-21(23-19-10-11-25(16-19)20-4-2-1-3-5-20)17-6-8-18(9-7-17)22(27)24-12-14-28-15-13-24/h6-9,19-20H,1-5,10-16H2,(H,23,26). The second kappa shape index (κ2) is 9.05. The van der Waals surface area contributed by atoms with Gasteiger partial charge in [0, 0.05) is 49.4 Å². The van der Waals surface area contributed by atoms with E-state index < -0.39 is 0 Å². The molecule has 0 bridgehead atoms. The third-order valence-corrected chi connectivity index (χ3v) is 6.34. The van der Waals surface area contributed by atoms with Gasteiger partial charge in [-0.25, -0.2) is 0 Å². The smallest absolute Gasteiger partial charge is 0.254 e. The fourth-order valence-electron chi connectivity index (χ4n) is 4.66. The van der Waals surface area contributed by atoms with E-state index in [9.17, 15) is 9.59 Å². The lowest BCUT2D eigenvalue weighted by Crippen LogP contribution is -2.41. The van der Waals surface area contributed by atoms with Crippen molar-refractivity contribution >= 4 is 11.8 Å². The van der Waals surface area contributed by atoms with Crippen LogP contribution in [0.4, 0.5) is 0 Å². The van der Waals surface area contributed by atoms with Crippen molar-refractivity contribution in [2.45, 2.75) is 50.6 Å². The normalized spacial score (nSPS) is 24.3. The van der Waals surface area contributed by atoms with E-state index >= 15 is 0 Å². The molecule has 2 saturated heterocycles. The quantitative estimate of drug-likeness (QED) is 0.864. The first-order valence-corrected chi connectivity index (χ1v) is 10.7. The molecule has 0 radical (unpaired) electrons. The van der Waals surface area contributed by atoms with Crippen molar-refractivity contribution in [3.63, 3.8) is 0 Å². The first kappa shape index (κ1) is 19.4. The summed E-state index contributed by atoms with van der Waals surface area (Å²) in [7, 11) is 0. The van der Waals surface area contributed by atoms with Gasteiger partial charge in [-0.2, -0.15) is 0 Å². The summed E-state index contributed by atoms with van der Waals surface area (Å²) in [5.41, 5.74) is 1.25. The summed E-state index contributed by atoms with van der Waals surface area (Å²) in [5, 5.41) is 3.18. The highest BCUT2D eigenvalue weighted by Gasteiger charge is 2.30. The Bertz CT molecular complexity index is 679. The Morgan fingerprint density at radius 1 is 0.893 bits per heavy atom. The molecule has 1 atom stereocenters. The van der Waals surface area contributed by atoms with Crippen molar-refractivity contribution in [2.75, 3.05) is 39.4 Å². The van der Waals surface area contributed by atoms with Gasteiger partial charge in [0.05, 0.1) is 13.2 Å². The lowest BCUT2D eigenvalue weighted by Gasteiger charge is -2.31. The number of amides is 2. The molecule has 1 saturated carbocycles. The highest BCUT2D eigenvalue weighted by molar-refractivity contribution is 5.98. The number of rotatable bonds is 4. The Labute approximate surface area is 167 Å². The zero-order valence-corrected chi connectivity index (χ0v) is 16.6. The molecular weight excluding hydrogens is 354 g/mol. The van der Waals surface area contributed by atoms with Crippen LogP contribution in [-0.4, -0.2) is 73.1 Å². The van der Waals surface area contributed by atoms with E-state index in [1.165, 1.54) is 32.1 Å². The van der Waals surface area contributed by atoms with Crippen molar-refractivity contribution < 1.29 is 14.3 Å². The van der Waals surface area contributed by atoms with E-state index in [1.54, 1.807) is 29.2 Å². The van der Waals surface area contributed by atoms with Crippen molar-refractivity contribution in [3.05, 3.63) is 35.4 Å². The highest BCUT2D eigenvalue weighted by atomic mass is 16.5. The number of ether oxygens (including phenoxy) is 1. The summed E-state index contributed by atoms with van der Waals surface area (Å²) in [4.78, 5) is 29.5. The third kappa shape index (κ3) is 4.55. The fourth-order valence-corrected chi connectivity index (χ4v) is 4.66. The summed E-state index contributed by atoms with van der Waals surface area (Å²) in [6.07, 6.45) is 7.68. The Morgan fingerprint density at radius 3 is 2.29 bits per heavy atom. The zero-order valence-electron chi connectivity index (χ0n) is 16.6. The molecule has 0 aromatic heterocycles. The predicted octanol–water partition coefficient (Wildman–Crippen LogP) is 2.30. The van der Waals surface area contributed by atoms with Crippen molar-refractivity contribution in [1.29, 1.82) is 0 Å². The number of benzene rings is 1. The maximum absolute atomic E-state index is 12.6. The summed E-state index contributed by atoms with van der Waals surface area (Å²) in [6.45, 7) is 4.48. The molecule has 3 fully saturated rings.